The number of hydrogen-bond donors (Lipinski definition) is 1. The van der Waals surface area contributed by atoms with E-state index in [1.54, 1.807) is 18.1 Å². The fourth-order valence-electron chi connectivity index (χ4n) is 5.20. The van der Waals surface area contributed by atoms with Gasteiger partial charge in [0.1, 0.15) is 24.5 Å². The Kier molecular flexibility index (Phi) is 11.7. The van der Waals surface area contributed by atoms with Crippen LogP contribution < -0.4 is 15.0 Å². The minimum atomic E-state index is -0.0654. The third-order valence-corrected chi connectivity index (χ3v) is 8.75. The first-order chi connectivity index (χ1) is 22.0. The highest BCUT2D eigenvalue weighted by Gasteiger charge is 2.20. The first-order valence-electron chi connectivity index (χ1n) is 15.8. The standard InChI is InChI=1S/C36H43N5O3S/c1-4-6-20-43-21-22-44-32-12-7-27(8-13-32)28-9-16-34-30(23-28)24-29(17-19-41(34)18-5-2)36(42)38-31-10-14-33(15-11-31)45-25-35-39-37-26-40(35)3/h7-16,23-24,26H,4-6,17-22,25H2,1-3H3,(H,38,42). The molecular formula is C36H43N5O3S. The van der Waals surface area contributed by atoms with Crippen LogP contribution in [0.15, 0.2) is 83.5 Å². The molecule has 2 heterocycles. The zero-order valence-electron chi connectivity index (χ0n) is 26.5. The number of anilines is 2. The van der Waals surface area contributed by atoms with Gasteiger partial charge in [-0.3, -0.25) is 4.79 Å². The van der Waals surface area contributed by atoms with Gasteiger partial charge in [-0.15, -0.1) is 22.0 Å². The molecule has 1 aliphatic rings. The number of thioether (sulfide) groups is 1. The number of hydrogen-bond acceptors (Lipinski definition) is 7. The fraction of sp³-hybridized carbons (Fsp3) is 0.361. The van der Waals surface area contributed by atoms with E-state index >= 15 is 0 Å². The number of carbonyl (C=O) groups is 1. The normalized spacial score (nSPS) is 12.8. The van der Waals surface area contributed by atoms with Gasteiger partial charge < -0.3 is 24.3 Å². The van der Waals surface area contributed by atoms with Gasteiger partial charge in [-0.2, -0.15) is 0 Å². The van der Waals surface area contributed by atoms with Crippen LogP contribution in [-0.4, -0.2) is 53.6 Å². The number of fused-ring (bicyclic) bond motifs is 1. The molecule has 1 aromatic heterocycles. The van der Waals surface area contributed by atoms with Gasteiger partial charge in [0.2, 0.25) is 0 Å². The molecule has 0 spiro atoms. The van der Waals surface area contributed by atoms with Gasteiger partial charge in [0.15, 0.2) is 0 Å². The van der Waals surface area contributed by atoms with E-state index in [9.17, 15) is 4.79 Å². The molecule has 9 heteroatoms. The minimum Gasteiger partial charge on any atom is -0.491 e. The maximum atomic E-state index is 13.5. The zero-order chi connectivity index (χ0) is 31.4. The lowest BCUT2D eigenvalue weighted by molar-refractivity contribution is -0.112. The Bertz CT molecular complexity index is 1570. The first kappa shape index (κ1) is 32.3. The van der Waals surface area contributed by atoms with Crippen LogP contribution in [0.5, 0.6) is 5.75 Å². The van der Waals surface area contributed by atoms with E-state index in [0.717, 1.165) is 94.8 Å². The van der Waals surface area contributed by atoms with Crippen LogP contribution in [0.3, 0.4) is 0 Å². The van der Waals surface area contributed by atoms with E-state index in [-0.39, 0.29) is 5.91 Å². The summed E-state index contributed by atoms with van der Waals surface area (Å²) in [6, 6.07) is 22.7. The van der Waals surface area contributed by atoms with E-state index in [0.29, 0.717) is 19.6 Å². The molecule has 0 aliphatic carbocycles. The monoisotopic (exact) mass is 625 g/mol. The zero-order valence-corrected chi connectivity index (χ0v) is 27.3. The van der Waals surface area contributed by atoms with Gasteiger partial charge in [-0.1, -0.05) is 38.5 Å². The molecule has 0 saturated heterocycles. The van der Waals surface area contributed by atoms with Gasteiger partial charge in [-0.25, -0.2) is 0 Å². The van der Waals surface area contributed by atoms with Gasteiger partial charge in [0.25, 0.3) is 5.91 Å². The summed E-state index contributed by atoms with van der Waals surface area (Å²) in [5.74, 6) is 2.42. The Hall–Kier alpha value is -4.08. The van der Waals surface area contributed by atoms with Crippen molar-refractivity contribution in [3.05, 3.63) is 90.0 Å². The summed E-state index contributed by atoms with van der Waals surface area (Å²) in [7, 11) is 1.94. The van der Waals surface area contributed by atoms with Crippen molar-refractivity contribution < 1.29 is 14.3 Å². The Morgan fingerprint density at radius 1 is 0.956 bits per heavy atom. The summed E-state index contributed by atoms with van der Waals surface area (Å²) < 4.78 is 13.4. The third kappa shape index (κ3) is 8.99. The lowest BCUT2D eigenvalue weighted by atomic mass is 10.00. The number of ether oxygens (including phenoxy) is 2. The number of rotatable bonds is 15. The number of unbranched alkanes of at least 4 members (excludes halogenated alkanes) is 1. The SMILES string of the molecule is CCCCOCCOc1ccc(-c2ccc3c(c2)C=C(C(=O)Nc2ccc(SCc4nncn4C)cc2)CCN3CCC)cc1. The summed E-state index contributed by atoms with van der Waals surface area (Å²) in [5, 5.41) is 11.2. The smallest absolute Gasteiger partial charge is 0.251 e. The van der Waals surface area contributed by atoms with Crippen LogP contribution in [0.2, 0.25) is 0 Å². The number of nitrogens with one attached hydrogen (secondary N) is 1. The molecule has 0 atom stereocenters. The molecule has 0 radical (unpaired) electrons. The second-order valence-electron chi connectivity index (χ2n) is 11.1. The van der Waals surface area contributed by atoms with E-state index in [1.807, 2.05) is 48.0 Å². The molecule has 1 aliphatic heterocycles. The maximum Gasteiger partial charge on any atom is 0.251 e. The summed E-state index contributed by atoms with van der Waals surface area (Å²) >= 11 is 1.69. The van der Waals surface area contributed by atoms with Crippen molar-refractivity contribution >= 4 is 35.1 Å². The highest BCUT2D eigenvalue weighted by molar-refractivity contribution is 7.98. The molecule has 5 rings (SSSR count). The summed E-state index contributed by atoms with van der Waals surface area (Å²) in [6.45, 7) is 8.00. The Balaban J connectivity index is 1.26. The van der Waals surface area contributed by atoms with Crippen molar-refractivity contribution in [2.24, 2.45) is 7.05 Å². The van der Waals surface area contributed by atoms with Crippen molar-refractivity contribution in [3.63, 3.8) is 0 Å². The minimum absolute atomic E-state index is 0.0654. The van der Waals surface area contributed by atoms with E-state index < -0.39 is 0 Å². The third-order valence-electron chi connectivity index (χ3n) is 7.75. The van der Waals surface area contributed by atoms with Crippen LogP contribution in [0, 0.1) is 0 Å². The highest BCUT2D eigenvalue weighted by Crippen LogP contribution is 2.33. The number of aromatic nitrogens is 3. The number of amides is 1. The van der Waals surface area contributed by atoms with Crippen molar-refractivity contribution in [3.8, 4) is 16.9 Å². The molecule has 45 heavy (non-hydrogen) atoms. The van der Waals surface area contributed by atoms with Gasteiger partial charge >= 0.3 is 0 Å². The molecule has 8 nitrogen and oxygen atoms in total. The lowest BCUT2D eigenvalue weighted by Gasteiger charge is -2.25. The van der Waals surface area contributed by atoms with Crippen molar-refractivity contribution in [1.82, 2.24) is 14.8 Å². The molecule has 0 unspecified atom stereocenters. The topological polar surface area (TPSA) is 81.5 Å². The summed E-state index contributed by atoms with van der Waals surface area (Å²) in [5.41, 5.74) is 5.98. The Morgan fingerprint density at radius 2 is 1.76 bits per heavy atom. The molecule has 0 fully saturated rings. The van der Waals surface area contributed by atoms with Crippen molar-refractivity contribution in [1.29, 1.82) is 0 Å². The Morgan fingerprint density at radius 3 is 2.49 bits per heavy atom. The summed E-state index contributed by atoms with van der Waals surface area (Å²) in [6.07, 6.45) is 7.69. The van der Waals surface area contributed by atoms with Crippen molar-refractivity contribution in [2.45, 2.75) is 50.2 Å². The van der Waals surface area contributed by atoms with Gasteiger partial charge in [0, 0.05) is 48.6 Å². The van der Waals surface area contributed by atoms with E-state index in [4.69, 9.17) is 9.47 Å². The average Bonchev–Trinajstić information content (AvgIpc) is 3.38. The average molecular weight is 626 g/mol. The van der Waals surface area contributed by atoms with E-state index in [1.165, 1.54) is 0 Å². The molecule has 1 N–H and O–H groups in total. The van der Waals surface area contributed by atoms with Gasteiger partial charge in [0.05, 0.1) is 12.4 Å². The quantitative estimate of drug-likeness (QED) is 0.108. The fourth-order valence-corrected chi connectivity index (χ4v) is 6.08. The number of benzene rings is 3. The second kappa shape index (κ2) is 16.3. The first-order valence-corrected chi connectivity index (χ1v) is 16.8. The molecule has 4 aromatic rings. The van der Waals surface area contributed by atoms with Crippen LogP contribution in [0.4, 0.5) is 11.4 Å². The molecule has 0 bridgehead atoms. The molecular weight excluding hydrogens is 582 g/mol. The van der Waals surface area contributed by atoms with Crippen LogP contribution in [0.25, 0.3) is 17.2 Å². The maximum absolute atomic E-state index is 13.5. The number of carbonyl (C=O) groups excluding carboxylic acids is 1. The molecule has 3 aromatic carbocycles. The van der Waals surface area contributed by atoms with Crippen LogP contribution in [-0.2, 0) is 22.3 Å². The molecule has 0 saturated carbocycles. The largest absolute Gasteiger partial charge is 0.491 e. The van der Waals surface area contributed by atoms with Crippen LogP contribution in [0.1, 0.15) is 50.9 Å². The molecule has 1 amide bonds. The van der Waals surface area contributed by atoms with Gasteiger partial charge in [-0.05, 0) is 90.6 Å². The predicted molar refractivity (Wildman–Crippen MR) is 184 cm³/mol. The predicted octanol–water partition coefficient (Wildman–Crippen LogP) is 7.61. The number of aryl methyl sites for hydroxylation is 1. The second-order valence-corrected chi connectivity index (χ2v) is 12.2. The number of nitrogens with zero attached hydrogens (tertiary/aromatic N) is 4. The highest BCUT2D eigenvalue weighted by atomic mass is 32.2. The Labute approximate surface area is 270 Å². The summed E-state index contributed by atoms with van der Waals surface area (Å²) in [4.78, 5) is 17.0. The van der Waals surface area contributed by atoms with Crippen molar-refractivity contribution in [2.75, 3.05) is 43.1 Å². The molecule has 236 valence electrons. The van der Waals surface area contributed by atoms with Crippen LogP contribution >= 0.6 is 11.8 Å². The van der Waals surface area contributed by atoms with E-state index in [2.05, 4.69) is 70.7 Å². The lowest BCUT2D eigenvalue weighted by Crippen LogP contribution is -2.26.